The Hall–Kier alpha value is -1.07. The van der Waals surface area contributed by atoms with Crippen molar-refractivity contribution >= 4 is 0 Å². The summed E-state index contributed by atoms with van der Waals surface area (Å²) in [5, 5.41) is 0. The third kappa shape index (κ3) is 2.45. The molecular formula is C12H14F3NO. The van der Waals surface area contributed by atoms with Crippen LogP contribution in [0.5, 0.6) is 0 Å². The minimum absolute atomic E-state index is 0.442. The lowest BCUT2D eigenvalue weighted by Gasteiger charge is -2.23. The zero-order chi connectivity index (χ0) is 12.6. The first kappa shape index (κ1) is 12.4. The fourth-order valence-electron chi connectivity index (χ4n) is 2.06. The third-order valence-electron chi connectivity index (χ3n) is 3.08. The summed E-state index contributed by atoms with van der Waals surface area (Å²) in [4.78, 5) is 0. The van der Waals surface area contributed by atoms with Crippen LogP contribution in [-0.2, 0) is 11.2 Å². The van der Waals surface area contributed by atoms with Crippen molar-refractivity contribution in [3.63, 3.8) is 0 Å². The SMILES string of the molecule is CC(OC1Cc2ccccc2C1N)C(F)(F)F. The number of benzene rings is 1. The summed E-state index contributed by atoms with van der Waals surface area (Å²) < 4.78 is 42.2. The zero-order valence-corrected chi connectivity index (χ0v) is 9.37. The van der Waals surface area contributed by atoms with Crippen LogP contribution < -0.4 is 5.73 Å². The van der Waals surface area contributed by atoms with Gasteiger partial charge >= 0.3 is 6.18 Å². The van der Waals surface area contributed by atoms with E-state index in [1.54, 1.807) is 0 Å². The molecular weight excluding hydrogens is 231 g/mol. The maximum atomic E-state index is 12.4. The summed E-state index contributed by atoms with van der Waals surface area (Å²) in [6.07, 6.45) is -6.27. The average molecular weight is 245 g/mol. The topological polar surface area (TPSA) is 35.2 Å². The lowest BCUT2D eigenvalue weighted by molar-refractivity contribution is -0.227. The molecule has 0 fully saturated rings. The van der Waals surface area contributed by atoms with Crippen LogP contribution in [0.15, 0.2) is 24.3 Å². The highest BCUT2D eigenvalue weighted by atomic mass is 19.4. The number of ether oxygens (including phenoxy) is 1. The Bertz CT molecular complexity index is 405. The molecule has 1 aromatic rings. The van der Waals surface area contributed by atoms with Crippen LogP contribution in [0.3, 0.4) is 0 Å². The molecule has 5 heteroatoms. The number of hydrogen-bond donors (Lipinski definition) is 1. The van der Waals surface area contributed by atoms with E-state index in [0.29, 0.717) is 6.42 Å². The summed E-state index contributed by atoms with van der Waals surface area (Å²) in [5.74, 6) is 0. The van der Waals surface area contributed by atoms with Crippen molar-refractivity contribution in [2.45, 2.75) is 37.8 Å². The normalized spacial score (nSPS) is 25.7. The molecule has 0 radical (unpaired) electrons. The van der Waals surface area contributed by atoms with Crippen molar-refractivity contribution in [1.82, 2.24) is 0 Å². The van der Waals surface area contributed by atoms with Gasteiger partial charge in [-0.15, -0.1) is 0 Å². The van der Waals surface area contributed by atoms with E-state index in [9.17, 15) is 13.2 Å². The van der Waals surface area contributed by atoms with Crippen molar-refractivity contribution in [1.29, 1.82) is 0 Å². The molecule has 1 aliphatic carbocycles. The Morgan fingerprint density at radius 3 is 2.59 bits per heavy atom. The number of rotatable bonds is 2. The van der Waals surface area contributed by atoms with Gasteiger partial charge in [0, 0.05) is 6.42 Å². The molecule has 1 aromatic carbocycles. The Labute approximate surface area is 97.6 Å². The van der Waals surface area contributed by atoms with Crippen molar-refractivity contribution in [2.24, 2.45) is 5.73 Å². The van der Waals surface area contributed by atoms with E-state index in [2.05, 4.69) is 0 Å². The fourth-order valence-corrected chi connectivity index (χ4v) is 2.06. The van der Waals surface area contributed by atoms with Crippen molar-refractivity contribution in [3.8, 4) is 0 Å². The number of alkyl halides is 3. The van der Waals surface area contributed by atoms with Crippen LogP contribution in [-0.4, -0.2) is 18.4 Å². The highest BCUT2D eigenvalue weighted by Crippen LogP contribution is 2.34. The Kier molecular flexibility index (Phi) is 3.14. The van der Waals surface area contributed by atoms with Gasteiger partial charge in [0.05, 0.1) is 12.1 Å². The molecule has 0 bridgehead atoms. The van der Waals surface area contributed by atoms with Gasteiger partial charge in [-0.1, -0.05) is 24.3 Å². The number of halogens is 3. The van der Waals surface area contributed by atoms with Crippen molar-refractivity contribution < 1.29 is 17.9 Å². The number of nitrogens with two attached hydrogens (primary N) is 1. The summed E-state index contributed by atoms with van der Waals surface area (Å²) in [5.41, 5.74) is 7.74. The van der Waals surface area contributed by atoms with Gasteiger partial charge in [-0.2, -0.15) is 13.2 Å². The number of fused-ring (bicyclic) bond motifs is 1. The minimum Gasteiger partial charge on any atom is -0.364 e. The highest BCUT2D eigenvalue weighted by Gasteiger charge is 2.41. The molecule has 0 heterocycles. The highest BCUT2D eigenvalue weighted by molar-refractivity contribution is 5.36. The molecule has 2 rings (SSSR count). The zero-order valence-electron chi connectivity index (χ0n) is 9.37. The Morgan fingerprint density at radius 1 is 1.35 bits per heavy atom. The van der Waals surface area contributed by atoms with Crippen molar-refractivity contribution in [3.05, 3.63) is 35.4 Å². The molecule has 2 N–H and O–H groups in total. The van der Waals surface area contributed by atoms with Crippen LogP contribution in [0, 0.1) is 0 Å². The summed E-state index contributed by atoms with van der Waals surface area (Å²) in [6, 6.07) is 6.91. The van der Waals surface area contributed by atoms with Gasteiger partial charge in [0.1, 0.15) is 0 Å². The maximum absolute atomic E-state index is 12.4. The Morgan fingerprint density at radius 2 is 2.00 bits per heavy atom. The standard InChI is InChI=1S/C12H14F3NO/c1-7(12(13,14)15)17-10-6-8-4-2-3-5-9(8)11(10)16/h2-5,7,10-11H,6,16H2,1H3. The van der Waals surface area contributed by atoms with Gasteiger partial charge in [0.2, 0.25) is 0 Å². The van der Waals surface area contributed by atoms with Crippen LogP contribution in [0.25, 0.3) is 0 Å². The van der Waals surface area contributed by atoms with Gasteiger partial charge in [-0.05, 0) is 18.1 Å². The van der Waals surface area contributed by atoms with Crippen LogP contribution in [0.4, 0.5) is 13.2 Å². The molecule has 0 spiro atoms. The summed E-state index contributed by atoms with van der Waals surface area (Å²) >= 11 is 0. The quantitative estimate of drug-likeness (QED) is 0.869. The largest absolute Gasteiger partial charge is 0.414 e. The molecule has 17 heavy (non-hydrogen) atoms. The van der Waals surface area contributed by atoms with Gasteiger partial charge in [0.15, 0.2) is 6.10 Å². The lowest BCUT2D eigenvalue weighted by atomic mass is 10.1. The van der Waals surface area contributed by atoms with Gasteiger partial charge < -0.3 is 10.5 Å². The number of hydrogen-bond acceptors (Lipinski definition) is 2. The van der Waals surface area contributed by atoms with Crippen LogP contribution in [0.2, 0.25) is 0 Å². The van der Waals surface area contributed by atoms with E-state index in [-0.39, 0.29) is 0 Å². The maximum Gasteiger partial charge on any atom is 0.414 e. The van der Waals surface area contributed by atoms with Crippen LogP contribution >= 0.6 is 0 Å². The van der Waals surface area contributed by atoms with E-state index in [0.717, 1.165) is 18.1 Å². The van der Waals surface area contributed by atoms with Crippen LogP contribution in [0.1, 0.15) is 24.1 Å². The third-order valence-corrected chi connectivity index (χ3v) is 3.08. The molecule has 94 valence electrons. The van der Waals surface area contributed by atoms with E-state index < -0.39 is 24.4 Å². The van der Waals surface area contributed by atoms with E-state index in [1.165, 1.54) is 0 Å². The second kappa shape index (κ2) is 4.31. The van der Waals surface area contributed by atoms with E-state index >= 15 is 0 Å². The first-order valence-corrected chi connectivity index (χ1v) is 5.45. The molecule has 3 unspecified atom stereocenters. The van der Waals surface area contributed by atoms with Gasteiger partial charge in [-0.3, -0.25) is 0 Å². The smallest absolute Gasteiger partial charge is 0.364 e. The second-order valence-corrected chi connectivity index (χ2v) is 4.29. The van der Waals surface area contributed by atoms with E-state index in [1.807, 2.05) is 24.3 Å². The molecule has 3 atom stereocenters. The predicted octanol–water partition coefficient (Wildman–Crippen LogP) is 2.58. The molecule has 2 nitrogen and oxygen atoms in total. The molecule has 1 aliphatic rings. The van der Waals surface area contributed by atoms with Crippen molar-refractivity contribution in [2.75, 3.05) is 0 Å². The Balaban J connectivity index is 2.08. The summed E-state index contributed by atoms with van der Waals surface area (Å²) in [6.45, 7) is 1.01. The molecule has 0 saturated carbocycles. The second-order valence-electron chi connectivity index (χ2n) is 4.29. The molecule has 0 saturated heterocycles. The fraction of sp³-hybridized carbons (Fsp3) is 0.500. The average Bonchev–Trinajstić information content (AvgIpc) is 2.55. The molecule has 0 amide bonds. The van der Waals surface area contributed by atoms with Gasteiger partial charge in [-0.25, -0.2) is 0 Å². The van der Waals surface area contributed by atoms with Gasteiger partial charge in [0.25, 0.3) is 0 Å². The predicted molar refractivity (Wildman–Crippen MR) is 57.5 cm³/mol. The minimum atomic E-state index is -4.34. The first-order chi connectivity index (χ1) is 7.89. The molecule has 0 aliphatic heterocycles. The molecule has 0 aromatic heterocycles. The summed E-state index contributed by atoms with van der Waals surface area (Å²) in [7, 11) is 0. The first-order valence-electron chi connectivity index (χ1n) is 5.45. The lowest BCUT2D eigenvalue weighted by Crippen LogP contribution is -2.36. The van der Waals surface area contributed by atoms with E-state index in [4.69, 9.17) is 10.5 Å². The monoisotopic (exact) mass is 245 g/mol.